The van der Waals surface area contributed by atoms with E-state index in [9.17, 15) is 0 Å². The molecule has 0 aliphatic carbocycles. The van der Waals surface area contributed by atoms with Crippen LogP contribution in [0.1, 0.15) is 88.0 Å². The highest BCUT2D eigenvalue weighted by atomic mass is 14.4. The van der Waals surface area contributed by atoms with Crippen molar-refractivity contribution in [1.82, 2.24) is 0 Å². The van der Waals surface area contributed by atoms with Gasteiger partial charge >= 0.3 is 0 Å². The molecule has 116 valence electrons. The second kappa shape index (κ2) is 8.32. The van der Waals surface area contributed by atoms with Gasteiger partial charge in [0.2, 0.25) is 0 Å². The molecule has 0 nitrogen and oxygen atoms in total. The van der Waals surface area contributed by atoms with Gasteiger partial charge in [0.1, 0.15) is 0 Å². The van der Waals surface area contributed by atoms with E-state index in [1.807, 2.05) is 0 Å². The monoisotopic (exact) mass is 268 g/mol. The lowest BCUT2D eigenvalue weighted by molar-refractivity contribution is 0.0673. The molecule has 5 unspecified atom stereocenters. The predicted molar refractivity (Wildman–Crippen MR) is 89.4 cm³/mol. The smallest absolute Gasteiger partial charge is 0.0274 e. The standard InChI is InChI=1S/C19H40/c1-10-15(5)13-19(9,14(3)4)18(8)12-17(7)16(6)11-2/h14-18H,10-13H2,1-9H3. The van der Waals surface area contributed by atoms with Crippen molar-refractivity contribution in [3.63, 3.8) is 0 Å². The maximum absolute atomic E-state index is 2.54. The lowest BCUT2D eigenvalue weighted by atomic mass is 9.62. The number of hydrogen-bond donors (Lipinski definition) is 0. The van der Waals surface area contributed by atoms with Crippen molar-refractivity contribution in [2.24, 2.45) is 35.0 Å². The molecule has 0 aromatic heterocycles. The third-order valence-electron chi connectivity index (χ3n) is 6.27. The lowest BCUT2D eigenvalue weighted by Gasteiger charge is -2.43. The van der Waals surface area contributed by atoms with Gasteiger partial charge in [0.15, 0.2) is 0 Å². The molecule has 0 spiro atoms. The van der Waals surface area contributed by atoms with E-state index in [1.165, 1.54) is 25.7 Å². The molecule has 0 saturated carbocycles. The average Bonchev–Trinajstić information content (AvgIpc) is 2.36. The Bertz CT molecular complexity index is 230. The molecule has 0 rings (SSSR count). The van der Waals surface area contributed by atoms with Gasteiger partial charge < -0.3 is 0 Å². The lowest BCUT2D eigenvalue weighted by Crippen LogP contribution is -2.34. The molecule has 0 heterocycles. The summed E-state index contributed by atoms with van der Waals surface area (Å²) in [6, 6.07) is 0. The Balaban J connectivity index is 4.78. The average molecular weight is 269 g/mol. The molecule has 0 amide bonds. The van der Waals surface area contributed by atoms with Crippen LogP contribution in [0.15, 0.2) is 0 Å². The minimum atomic E-state index is 0.497. The van der Waals surface area contributed by atoms with E-state index in [0.717, 1.165) is 29.6 Å². The second-order valence-corrected chi connectivity index (χ2v) is 7.88. The van der Waals surface area contributed by atoms with Crippen molar-refractivity contribution in [3.05, 3.63) is 0 Å². The molecule has 0 aromatic carbocycles. The van der Waals surface area contributed by atoms with Crippen LogP contribution in [0.2, 0.25) is 0 Å². The van der Waals surface area contributed by atoms with Crippen LogP contribution < -0.4 is 0 Å². The summed E-state index contributed by atoms with van der Waals surface area (Å²) in [6.45, 7) is 21.8. The summed E-state index contributed by atoms with van der Waals surface area (Å²) in [4.78, 5) is 0. The summed E-state index contributed by atoms with van der Waals surface area (Å²) >= 11 is 0. The minimum absolute atomic E-state index is 0.497. The first-order valence-electron chi connectivity index (χ1n) is 8.68. The molecule has 0 fully saturated rings. The molecule has 0 N–H and O–H groups in total. The van der Waals surface area contributed by atoms with Crippen molar-refractivity contribution < 1.29 is 0 Å². The zero-order chi connectivity index (χ0) is 15.2. The van der Waals surface area contributed by atoms with Crippen molar-refractivity contribution in [2.45, 2.75) is 88.0 Å². The molecule has 5 atom stereocenters. The molecular weight excluding hydrogens is 228 g/mol. The predicted octanol–water partition coefficient (Wildman–Crippen LogP) is 6.79. The van der Waals surface area contributed by atoms with Gasteiger partial charge in [-0.2, -0.15) is 0 Å². The quantitative estimate of drug-likeness (QED) is 0.431. The van der Waals surface area contributed by atoms with E-state index in [2.05, 4.69) is 62.3 Å². The SMILES string of the molecule is CCC(C)CC(C)(C(C)C)C(C)CC(C)C(C)CC. The number of rotatable bonds is 9. The van der Waals surface area contributed by atoms with E-state index in [4.69, 9.17) is 0 Å². The van der Waals surface area contributed by atoms with Gasteiger partial charge in [-0.25, -0.2) is 0 Å². The first kappa shape index (κ1) is 19.0. The molecule has 0 aliphatic rings. The molecule has 19 heavy (non-hydrogen) atoms. The summed E-state index contributed by atoms with van der Waals surface area (Å²) in [5, 5.41) is 0. The molecule has 0 saturated heterocycles. The highest BCUT2D eigenvalue weighted by Crippen LogP contribution is 2.45. The van der Waals surface area contributed by atoms with Crippen LogP contribution in [-0.4, -0.2) is 0 Å². The van der Waals surface area contributed by atoms with Gasteiger partial charge in [0.05, 0.1) is 0 Å². The van der Waals surface area contributed by atoms with Gasteiger partial charge in [0, 0.05) is 0 Å². The van der Waals surface area contributed by atoms with Gasteiger partial charge in [-0.1, -0.05) is 75.2 Å². The Morgan fingerprint density at radius 2 is 1.32 bits per heavy atom. The van der Waals surface area contributed by atoms with E-state index in [0.29, 0.717) is 5.41 Å². The summed E-state index contributed by atoms with van der Waals surface area (Å²) in [6.07, 6.45) is 5.41. The second-order valence-electron chi connectivity index (χ2n) is 7.88. The molecular formula is C19H40. The van der Waals surface area contributed by atoms with Crippen molar-refractivity contribution in [2.75, 3.05) is 0 Å². The van der Waals surface area contributed by atoms with Crippen molar-refractivity contribution >= 4 is 0 Å². The summed E-state index contributed by atoms with van der Waals surface area (Å²) in [5.74, 6) is 4.18. The van der Waals surface area contributed by atoms with Crippen LogP contribution in [0, 0.1) is 35.0 Å². The molecule has 0 aliphatic heterocycles. The Labute approximate surface area is 123 Å². The maximum atomic E-state index is 2.54. The third-order valence-corrected chi connectivity index (χ3v) is 6.27. The zero-order valence-corrected chi connectivity index (χ0v) is 15.2. The normalized spacial score (nSPS) is 21.8. The Hall–Kier alpha value is 0. The van der Waals surface area contributed by atoms with Gasteiger partial charge in [-0.15, -0.1) is 0 Å². The summed E-state index contributed by atoms with van der Waals surface area (Å²) < 4.78 is 0. The fourth-order valence-corrected chi connectivity index (χ4v) is 3.36. The topological polar surface area (TPSA) is 0 Å². The number of hydrogen-bond acceptors (Lipinski definition) is 0. The summed E-state index contributed by atoms with van der Waals surface area (Å²) in [7, 11) is 0. The molecule has 0 bridgehead atoms. The van der Waals surface area contributed by atoms with E-state index >= 15 is 0 Å². The van der Waals surface area contributed by atoms with Gasteiger partial charge in [-0.05, 0) is 47.8 Å². The van der Waals surface area contributed by atoms with E-state index in [-0.39, 0.29) is 0 Å². The maximum Gasteiger partial charge on any atom is -0.0274 e. The van der Waals surface area contributed by atoms with E-state index < -0.39 is 0 Å². The third kappa shape index (κ3) is 5.48. The fraction of sp³-hybridized carbons (Fsp3) is 1.00. The zero-order valence-electron chi connectivity index (χ0n) is 15.2. The fourth-order valence-electron chi connectivity index (χ4n) is 3.36. The van der Waals surface area contributed by atoms with Gasteiger partial charge in [0.25, 0.3) is 0 Å². The van der Waals surface area contributed by atoms with E-state index in [1.54, 1.807) is 0 Å². The minimum Gasteiger partial charge on any atom is -0.0651 e. The van der Waals surface area contributed by atoms with Gasteiger partial charge in [-0.3, -0.25) is 0 Å². The Kier molecular flexibility index (Phi) is 8.32. The molecule has 0 heteroatoms. The van der Waals surface area contributed by atoms with Crippen LogP contribution in [0.4, 0.5) is 0 Å². The molecule has 0 radical (unpaired) electrons. The highest BCUT2D eigenvalue weighted by molar-refractivity contribution is 4.85. The van der Waals surface area contributed by atoms with Crippen molar-refractivity contribution in [3.8, 4) is 0 Å². The first-order chi connectivity index (χ1) is 8.68. The van der Waals surface area contributed by atoms with Crippen LogP contribution >= 0.6 is 0 Å². The van der Waals surface area contributed by atoms with Crippen LogP contribution in [0.25, 0.3) is 0 Å². The van der Waals surface area contributed by atoms with Crippen molar-refractivity contribution in [1.29, 1.82) is 0 Å². The van der Waals surface area contributed by atoms with Crippen LogP contribution in [0.5, 0.6) is 0 Å². The molecule has 0 aromatic rings. The van der Waals surface area contributed by atoms with Crippen LogP contribution in [-0.2, 0) is 0 Å². The highest BCUT2D eigenvalue weighted by Gasteiger charge is 2.36. The Morgan fingerprint density at radius 1 is 0.789 bits per heavy atom. The van der Waals surface area contributed by atoms with Crippen LogP contribution in [0.3, 0.4) is 0 Å². The Morgan fingerprint density at radius 3 is 1.68 bits per heavy atom. The first-order valence-corrected chi connectivity index (χ1v) is 8.68. The largest absolute Gasteiger partial charge is 0.0651 e. The summed E-state index contributed by atoms with van der Waals surface area (Å²) in [5.41, 5.74) is 0.497.